The van der Waals surface area contributed by atoms with E-state index >= 15 is 0 Å². The molecule has 81 heavy (non-hydrogen) atoms. The summed E-state index contributed by atoms with van der Waals surface area (Å²) in [5.74, 6) is 3.19. The van der Waals surface area contributed by atoms with Gasteiger partial charge in [0.2, 0.25) is 0 Å². The highest BCUT2D eigenvalue weighted by atomic mass is 35.5. The molecule has 9 rings (SSSR count). The lowest BCUT2D eigenvalue weighted by molar-refractivity contribution is 0.0892. The molecular weight excluding hydrogens is 1080 g/mol. The smallest absolute Gasteiger partial charge is 0.181 e. The third-order valence-electron chi connectivity index (χ3n) is 15.4. The molecule has 0 radical (unpaired) electrons. The van der Waals surface area contributed by atoms with Crippen LogP contribution in [0.25, 0.3) is 0 Å². The number of ketones is 2. The zero-order valence-corrected chi connectivity index (χ0v) is 49.3. The second-order valence-corrected chi connectivity index (χ2v) is 23.5. The van der Waals surface area contributed by atoms with Gasteiger partial charge < -0.3 is 14.2 Å². The Morgan fingerprint density at radius 1 is 0.580 bits per heavy atom. The van der Waals surface area contributed by atoms with Gasteiger partial charge in [-0.1, -0.05) is 68.6 Å². The summed E-state index contributed by atoms with van der Waals surface area (Å²) >= 11 is 18.2. The molecule has 0 unspecified atom stereocenters. The van der Waals surface area contributed by atoms with Crippen LogP contribution in [0, 0.1) is 51.6 Å². The molecule has 3 heterocycles. The predicted molar refractivity (Wildman–Crippen MR) is 314 cm³/mol. The van der Waals surface area contributed by atoms with E-state index in [0.717, 1.165) is 88.4 Å². The Kier molecular flexibility index (Phi) is 22.7. The first kappa shape index (κ1) is 61.8. The molecule has 6 aromatic rings. The van der Waals surface area contributed by atoms with Gasteiger partial charge >= 0.3 is 0 Å². The van der Waals surface area contributed by atoms with Crippen molar-refractivity contribution in [3.8, 4) is 35.5 Å². The van der Waals surface area contributed by atoms with Crippen molar-refractivity contribution in [1.29, 1.82) is 15.8 Å². The van der Waals surface area contributed by atoms with Crippen molar-refractivity contribution in [3.63, 3.8) is 0 Å². The fraction of sp³-hybridized carbons (Fsp3) is 0.446. The fourth-order valence-electron chi connectivity index (χ4n) is 10.4. The molecule has 3 aliphatic rings. The number of carbonyl (C=O) groups excluding carboxylic acids is 2. The van der Waals surface area contributed by atoms with Crippen molar-refractivity contribution in [1.82, 2.24) is 19.7 Å². The van der Waals surface area contributed by atoms with E-state index in [1.807, 2.05) is 55.1 Å². The number of aromatic nitrogens is 4. The number of hydrogen-bond acceptors (Lipinski definition) is 11. The van der Waals surface area contributed by atoms with Crippen molar-refractivity contribution in [2.75, 3.05) is 0 Å². The van der Waals surface area contributed by atoms with Gasteiger partial charge in [0.15, 0.2) is 11.6 Å². The molecule has 0 spiro atoms. The molecule has 3 aromatic carbocycles. The van der Waals surface area contributed by atoms with Gasteiger partial charge in [-0.3, -0.25) is 24.2 Å². The average Bonchev–Trinajstić information content (AvgIpc) is 3.96. The molecule has 3 aromatic heterocycles. The van der Waals surface area contributed by atoms with Crippen LogP contribution in [0.5, 0.6) is 17.2 Å². The van der Waals surface area contributed by atoms with Crippen LogP contribution in [0.15, 0.2) is 97.5 Å². The second kappa shape index (κ2) is 29.8. The van der Waals surface area contributed by atoms with E-state index in [0.29, 0.717) is 91.3 Å². The van der Waals surface area contributed by atoms with Crippen molar-refractivity contribution in [2.24, 2.45) is 11.8 Å². The van der Waals surface area contributed by atoms with Gasteiger partial charge in [0.1, 0.15) is 47.0 Å². The molecule has 16 heteroatoms. The highest BCUT2D eigenvalue weighted by molar-refractivity contribution is 6.32. The SMILES string of the molecule is CC(C)c1cc(F)c(C(=O)CC2CCC(Oc3ccc(C#N)c(Cl)c3)CC2)cn1.CC(C)c1ccc(C(=O)CC2CCC(Oc3ccc(C#N)c(Cl)c3)CC2)nc1.CC(C)n1ccc(C2CCC(Oc3ccc(C#N)c(Cl)c3)CC2)n1. The Balaban J connectivity index is 0.000000176. The first-order valence-corrected chi connectivity index (χ1v) is 29.3. The van der Waals surface area contributed by atoms with Crippen LogP contribution in [0.3, 0.4) is 0 Å². The topological polar surface area (TPSA) is 177 Å². The standard InChI is InChI=1S/C23H24ClFN2O2.C23H25ClN2O2.C19H22ClN3O/c1-14(2)22-11-21(25)19(13-27-22)23(28)9-15-3-6-17(7-4-15)29-18-8-5-16(12-26)20(24)10-18;1-15(2)18-6-10-22(26-14-18)23(27)11-16-3-7-19(8-4-16)28-20-9-5-17(13-25)21(24)12-20;1-13(2)23-10-9-19(22-23)14-3-6-16(7-4-14)24-17-8-5-15(12-21)18(20)11-17/h5,8,10-11,13-15,17H,3-4,6-7,9H2,1-2H3;5-6,9-10,12,14-16,19H,3-4,7-8,11H2,1-2H3;5,8-11,13-14,16H,3-4,6-7H2,1-2H3. The lowest BCUT2D eigenvalue weighted by Gasteiger charge is -2.28. The Morgan fingerprint density at radius 3 is 1.41 bits per heavy atom. The van der Waals surface area contributed by atoms with Crippen LogP contribution in [0.2, 0.25) is 15.1 Å². The molecule has 3 fully saturated rings. The summed E-state index contributed by atoms with van der Waals surface area (Å²) in [4.78, 5) is 33.6. The van der Waals surface area contributed by atoms with Crippen LogP contribution in [0.1, 0.15) is 210 Å². The molecule has 0 aliphatic heterocycles. The van der Waals surface area contributed by atoms with E-state index in [9.17, 15) is 14.0 Å². The summed E-state index contributed by atoms with van der Waals surface area (Å²) in [6.45, 7) is 12.4. The van der Waals surface area contributed by atoms with E-state index < -0.39 is 5.82 Å². The van der Waals surface area contributed by atoms with Crippen LogP contribution < -0.4 is 14.2 Å². The number of rotatable bonds is 16. The van der Waals surface area contributed by atoms with Crippen LogP contribution in [0.4, 0.5) is 4.39 Å². The van der Waals surface area contributed by atoms with Gasteiger partial charge in [0.25, 0.3) is 0 Å². The normalized spacial score (nSPS) is 19.6. The third kappa shape index (κ3) is 17.8. The van der Waals surface area contributed by atoms with Gasteiger partial charge in [-0.15, -0.1) is 0 Å². The molecule has 0 saturated heterocycles. The van der Waals surface area contributed by atoms with Crippen molar-refractivity contribution >= 4 is 46.4 Å². The quantitative estimate of drug-likeness (QED) is 0.0843. The highest BCUT2D eigenvalue weighted by Crippen LogP contribution is 2.37. The second-order valence-electron chi connectivity index (χ2n) is 22.3. The number of benzene rings is 3. The van der Waals surface area contributed by atoms with Crippen molar-refractivity contribution < 1.29 is 28.2 Å². The number of pyridine rings is 2. The van der Waals surface area contributed by atoms with Crippen molar-refractivity contribution in [3.05, 3.63) is 163 Å². The molecule has 12 nitrogen and oxygen atoms in total. The van der Waals surface area contributed by atoms with E-state index in [1.165, 1.54) is 18.0 Å². The van der Waals surface area contributed by atoms with E-state index in [-0.39, 0.29) is 47.3 Å². The Labute approximate surface area is 491 Å². The molecule has 0 atom stereocenters. The van der Waals surface area contributed by atoms with E-state index in [1.54, 1.807) is 48.5 Å². The number of carbonyl (C=O) groups is 2. The number of Topliss-reactive ketones (excluding diaryl/α,β-unsaturated/α-hetero) is 2. The lowest BCUT2D eigenvalue weighted by Crippen LogP contribution is -2.25. The summed E-state index contributed by atoms with van der Waals surface area (Å²) in [6, 6.07) is 29.4. The largest absolute Gasteiger partial charge is 0.490 e. The van der Waals surface area contributed by atoms with Crippen molar-refractivity contribution in [2.45, 2.75) is 174 Å². The molecule has 0 amide bonds. The summed E-state index contributed by atoms with van der Waals surface area (Å²) in [5.41, 5.74) is 5.00. The van der Waals surface area contributed by atoms with Gasteiger partial charge in [-0.25, -0.2) is 4.39 Å². The summed E-state index contributed by atoms with van der Waals surface area (Å²) < 4.78 is 34.4. The number of nitrogens with zero attached hydrogens (tertiary/aromatic N) is 7. The molecule has 3 aliphatic carbocycles. The maximum absolute atomic E-state index is 14.3. The molecular formula is C65H71Cl3FN7O5. The lowest BCUT2D eigenvalue weighted by atomic mass is 9.83. The first-order valence-electron chi connectivity index (χ1n) is 28.2. The Morgan fingerprint density at radius 2 is 1.04 bits per heavy atom. The predicted octanol–water partition coefficient (Wildman–Crippen LogP) is 17.1. The Hall–Kier alpha value is -6.82. The zero-order valence-electron chi connectivity index (χ0n) is 47.0. The maximum atomic E-state index is 14.3. The minimum atomic E-state index is -0.483. The number of nitriles is 3. The summed E-state index contributed by atoms with van der Waals surface area (Å²) in [5, 5.41) is 32.7. The monoisotopic (exact) mass is 1150 g/mol. The summed E-state index contributed by atoms with van der Waals surface area (Å²) in [7, 11) is 0. The van der Waals surface area contributed by atoms with E-state index in [2.05, 4.69) is 56.0 Å². The Bertz CT molecular complexity index is 3210. The number of hydrogen-bond donors (Lipinski definition) is 0. The van der Waals surface area contributed by atoms with Gasteiger partial charge in [0, 0.05) is 67.3 Å². The van der Waals surface area contributed by atoms with Crippen LogP contribution >= 0.6 is 34.8 Å². The number of halogens is 4. The third-order valence-corrected chi connectivity index (χ3v) is 16.3. The van der Waals surface area contributed by atoms with Gasteiger partial charge in [-0.05, 0) is 175 Å². The minimum absolute atomic E-state index is 0.0501. The van der Waals surface area contributed by atoms with Gasteiger partial charge in [-0.2, -0.15) is 20.9 Å². The minimum Gasteiger partial charge on any atom is -0.490 e. The highest BCUT2D eigenvalue weighted by Gasteiger charge is 2.29. The van der Waals surface area contributed by atoms with Crippen LogP contribution in [-0.4, -0.2) is 49.6 Å². The molecule has 0 bridgehead atoms. The van der Waals surface area contributed by atoms with E-state index in [4.69, 9.17) is 69.9 Å². The maximum Gasteiger partial charge on any atom is 0.181 e. The fourth-order valence-corrected chi connectivity index (χ4v) is 11.1. The van der Waals surface area contributed by atoms with Crippen LogP contribution in [-0.2, 0) is 0 Å². The number of ether oxygens (including phenoxy) is 3. The summed E-state index contributed by atoms with van der Waals surface area (Å²) in [6.07, 6.45) is 17.8. The first-order chi connectivity index (χ1) is 38.9. The zero-order chi connectivity index (χ0) is 58.2. The average molecular weight is 1160 g/mol. The molecule has 0 N–H and O–H groups in total. The van der Waals surface area contributed by atoms with Gasteiger partial charge in [0.05, 0.1) is 61.3 Å². The molecule has 424 valence electrons. The molecule has 3 saturated carbocycles.